The van der Waals surface area contributed by atoms with Gasteiger partial charge in [-0.15, -0.1) is 0 Å². The molecule has 0 amide bonds. The Kier molecular flexibility index (Phi) is 2.06. The highest BCUT2D eigenvalue weighted by molar-refractivity contribution is 5.76. The van der Waals surface area contributed by atoms with E-state index in [9.17, 15) is 4.79 Å². The first-order valence-corrected chi connectivity index (χ1v) is 4.86. The average molecular weight is 194 g/mol. The Hall–Kier alpha value is -1.32. The molecule has 0 aliphatic heterocycles. The summed E-state index contributed by atoms with van der Waals surface area (Å²) in [6, 6.07) is 0. The van der Waals surface area contributed by atoms with Crippen molar-refractivity contribution in [3.8, 4) is 0 Å². The lowest BCUT2D eigenvalue weighted by Gasteiger charge is -2.18. The molecule has 0 saturated heterocycles. The lowest BCUT2D eigenvalue weighted by Crippen LogP contribution is -2.18. The Morgan fingerprint density at radius 2 is 2.36 bits per heavy atom. The zero-order valence-electron chi connectivity index (χ0n) is 8.45. The molecule has 1 N–H and O–H groups in total. The number of hydrogen-bond acceptors (Lipinski definition) is 2. The van der Waals surface area contributed by atoms with Crippen molar-refractivity contribution in [3.05, 3.63) is 17.2 Å². The number of aryl methyl sites for hydroxylation is 1. The van der Waals surface area contributed by atoms with Crippen molar-refractivity contribution >= 4 is 5.97 Å². The van der Waals surface area contributed by atoms with Gasteiger partial charge in [-0.3, -0.25) is 4.79 Å². The van der Waals surface area contributed by atoms with Crippen LogP contribution in [0.25, 0.3) is 0 Å². The molecule has 0 radical (unpaired) electrons. The summed E-state index contributed by atoms with van der Waals surface area (Å²) in [5.41, 5.74) is 1.88. The summed E-state index contributed by atoms with van der Waals surface area (Å²) >= 11 is 0. The molecule has 14 heavy (non-hydrogen) atoms. The molecule has 1 unspecified atom stereocenters. The van der Waals surface area contributed by atoms with Gasteiger partial charge >= 0.3 is 5.97 Å². The van der Waals surface area contributed by atoms with Crippen LogP contribution in [-0.4, -0.2) is 20.6 Å². The molecule has 4 heteroatoms. The third kappa shape index (κ3) is 1.22. The number of hydrogen-bond donors (Lipinski definition) is 1. The van der Waals surface area contributed by atoms with E-state index in [0.717, 1.165) is 36.5 Å². The van der Waals surface area contributed by atoms with Gasteiger partial charge in [0.05, 0.1) is 5.69 Å². The highest BCUT2D eigenvalue weighted by Gasteiger charge is 2.30. The van der Waals surface area contributed by atoms with Gasteiger partial charge in [0.25, 0.3) is 0 Å². The molecular weight excluding hydrogens is 180 g/mol. The van der Waals surface area contributed by atoms with Crippen molar-refractivity contribution < 1.29 is 9.90 Å². The van der Waals surface area contributed by atoms with Gasteiger partial charge in [-0.2, -0.15) is 0 Å². The number of fused-ring (bicyclic) bond motifs is 1. The highest BCUT2D eigenvalue weighted by atomic mass is 16.4. The molecule has 76 valence electrons. The van der Waals surface area contributed by atoms with E-state index >= 15 is 0 Å². The zero-order valence-corrected chi connectivity index (χ0v) is 8.45. The SMILES string of the molecule is Cc1nc2c(n1C)CCCC2C(=O)O. The maximum Gasteiger partial charge on any atom is 0.312 e. The standard InChI is InChI=1S/C10H14N2O2/c1-6-11-9-7(10(13)14)4-3-5-8(9)12(6)2/h7H,3-5H2,1-2H3,(H,13,14). The molecule has 4 nitrogen and oxygen atoms in total. The number of imidazole rings is 1. The Morgan fingerprint density at radius 3 is 3.00 bits per heavy atom. The third-order valence-electron chi connectivity index (χ3n) is 3.00. The first-order chi connectivity index (χ1) is 6.61. The van der Waals surface area contributed by atoms with Gasteiger partial charge in [0, 0.05) is 12.7 Å². The number of carbonyl (C=O) groups is 1. The van der Waals surface area contributed by atoms with E-state index in [-0.39, 0.29) is 0 Å². The van der Waals surface area contributed by atoms with Gasteiger partial charge < -0.3 is 9.67 Å². The van der Waals surface area contributed by atoms with Gasteiger partial charge in [0.2, 0.25) is 0 Å². The molecule has 0 bridgehead atoms. The fraction of sp³-hybridized carbons (Fsp3) is 0.600. The van der Waals surface area contributed by atoms with Crippen molar-refractivity contribution in [2.45, 2.75) is 32.1 Å². The molecule has 1 aliphatic rings. The van der Waals surface area contributed by atoms with E-state index in [2.05, 4.69) is 4.98 Å². The van der Waals surface area contributed by atoms with Crippen LogP contribution >= 0.6 is 0 Å². The maximum absolute atomic E-state index is 11.0. The normalized spacial score (nSPS) is 20.6. The Balaban J connectivity index is 2.50. The van der Waals surface area contributed by atoms with Crippen molar-refractivity contribution in [1.29, 1.82) is 0 Å². The van der Waals surface area contributed by atoms with E-state index in [1.807, 2.05) is 18.5 Å². The quantitative estimate of drug-likeness (QED) is 0.731. The number of nitrogens with zero attached hydrogens (tertiary/aromatic N) is 2. The van der Waals surface area contributed by atoms with E-state index in [1.54, 1.807) is 0 Å². The van der Waals surface area contributed by atoms with Crippen LogP contribution in [0.4, 0.5) is 0 Å². The molecular formula is C10H14N2O2. The van der Waals surface area contributed by atoms with Crippen molar-refractivity contribution in [2.75, 3.05) is 0 Å². The van der Waals surface area contributed by atoms with Gasteiger partial charge in [-0.25, -0.2) is 4.98 Å². The molecule has 2 rings (SSSR count). The summed E-state index contributed by atoms with van der Waals surface area (Å²) in [5.74, 6) is -0.231. The van der Waals surface area contributed by atoms with E-state index in [0.29, 0.717) is 0 Å². The van der Waals surface area contributed by atoms with E-state index in [4.69, 9.17) is 5.11 Å². The van der Waals surface area contributed by atoms with Crippen LogP contribution < -0.4 is 0 Å². The zero-order chi connectivity index (χ0) is 10.3. The Labute approximate surface area is 82.6 Å². The lowest BCUT2D eigenvalue weighted by atomic mass is 9.90. The van der Waals surface area contributed by atoms with Crippen LogP contribution in [0, 0.1) is 6.92 Å². The molecule has 0 saturated carbocycles. The molecule has 1 aromatic heterocycles. The van der Waals surface area contributed by atoms with Crippen LogP contribution in [-0.2, 0) is 18.3 Å². The van der Waals surface area contributed by atoms with Gasteiger partial charge in [0.1, 0.15) is 11.7 Å². The predicted octanol–water partition coefficient (Wildman–Crippen LogP) is 1.23. The summed E-state index contributed by atoms with van der Waals surface area (Å²) in [4.78, 5) is 15.3. The second kappa shape index (κ2) is 3.12. The minimum Gasteiger partial charge on any atom is -0.481 e. The van der Waals surface area contributed by atoms with Crippen molar-refractivity contribution in [2.24, 2.45) is 7.05 Å². The lowest BCUT2D eigenvalue weighted by molar-refractivity contribution is -0.139. The minimum atomic E-state index is -0.746. The van der Waals surface area contributed by atoms with Crippen molar-refractivity contribution in [1.82, 2.24) is 9.55 Å². The fourth-order valence-electron chi connectivity index (χ4n) is 2.11. The molecule has 1 aliphatic carbocycles. The largest absolute Gasteiger partial charge is 0.481 e. The van der Waals surface area contributed by atoms with Crippen LogP contribution in [0.1, 0.15) is 36.0 Å². The molecule has 1 atom stereocenters. The highest BCUT2D eigenvalue weighted by Crippen LogP contribution is 2.31. The molecule has 0 aromatic carbocycles. The van der Waals surface area contributed by atoms with Crippen LogP contribution in [0.15, 0.2) is 0 Å². The molecule has 1 aromatic rings. The Morgan fingerprint density at radius 1 is 1.64 bits per heavy atom. The van der Waals surface area contributed by atoms with Crippen LogP contribution in [0.5, 0.6) is 0 Å². The Bertz CT molecular complexity index is 382. The number of carboxylic acids is 1. The topological polar surface area (TPSA) is 55.1 Å². The molecule has 0 spiro atoms. The minimum absolute atomic E-state index is 0.390. The first kappa shape index (κ1) is 9.24. The summed E-state index contributed by atoms with van der Waals surface area (Å²) in [5, 5.41) is 9.04. The van der Waals surface area contributed by atoms with E-state index < -0.39 is 11.9 Å². The van der Waals surface area contributed by atoms with Crippen molar-refractivity contribution in [3.63, 3.8) is 0 Å². The number of carboxylic acid groups (broad SMARTS) is 1. The number of rotatable bonds is 1. The van der Waals surface area contributed by atoms with Crippen LogP contribution in [0.3, 0.4) is 0 Å². The molecule has 0 fully saturated rings. The first-order valence-electron chi connectivity index (χ1n) is 4.86. The summed E-state index contributed by atoms with van der Waals surface area (Å²) in [7, 11) is 1.95. The third-order valence-corrected chi connectivity index (χ3v) is 3.00. The average Bonchev–Trinajstić information content (AvgIpc) is 2.43. The van der Waals surface area contributed by atoms with Gasteiger partial charge in [-0.1, -0.05) is 0 Å². The van der Waals surface area contributed by atoms with E-state index in [1.165, 1.54) is 0 Å². The predicted molar refractivity (Wildman–Crippen MR) is 51.3 cm³/mol. The van der Waals surface area contributed by atoms with Gasteiger partial charge in [-0.05, 0) is 26.2 Å². The summed E-state index contributed by atoms with van der Waals surface area (Å²) in [6.07, 6.45) is 2.62. The second-order valence-electron chi connectivity index (χ2n) is 3.83. The summed E-state index contributed by atoms with van der Waals surface area (Å²) < 4.78 is 2.00. The maximum atomic E-state index is 11.0. The summed E-state index contributed by atoms with van der Waals surface area (Å²) in [6.45, 7) is 1.91. The molecule has 1 heterocycles. The van der Waals surface area contributed by atoms with Crippen LogP contribution in [0.2, 0.25) is 0 Å². The second-order valence-corrected chi connectivity index (χ2v) is 3.83. The number of aromatic nitrogens is 2. The monoisotopic (exact) mass is 194 g/mol. The van der Waals surface area contributed by atoms with Gasteiger partial charge in [0.15, 0.2) is 0 Å². The fourth-order valence-corrected chi connectivity index (χ4v) is 2.11. The smallest absolute Gasteiger partial charge is 0.312 e. The number of aliphatic carboxylic acids is 1.